The van der Waals surface area contributed by atoms with Crippen LogP contribution < -0.4 is 0 Å². The third-order valence-corrected chi connectivity index (χ3v) is 0.204. The summed E-state index contributed by atoms with van der Waals surface area (Å²) < 4.78 is 19.0. The second-order valence-electron chi connectivity index (χ2n) is 0.660. The number of rotatable bonds is 1. The summed E-state index contributed by atoms with van der Waals surface area (Å²) in [5, 5.41) is 5.50. The fraction of sp³-hybridized carbons (Fsp3) is 0.167. The summed E-state index contributed by atoms with van der Waals surface area (Å²) >= 11 is 0. The molecule has 0 aromatic carbocycles. The molecule has 0 heterocycles. The second kappa shape index (κ2) is 77.0. The molecular weight excluding hydrogens is 228 g/mol. The van der Waals surface area contributed by atoms with Gasteiger partial charge in [-0.25, -0.2) is 0 Å². The van der Waals surface area contributed by atoms with E-state index in [-0.39, 0.29) is 40.0 Å². The van der Waals surface area contributed by atoms with Gasteiger partial charge in [-0.15, -0.1) is 29.6 Å². The van der Waals surface area contributed by atoms with Gasteiger partial charge in [0.25, 0.3) is 0 Å². The molecule has 0 bridgehead atoms. The summed E-state index contributed by atoms with van der Waals surface area (Å²) in [5.74, 6) is 0. The molecule has 0 rings (SSSR count). The molecule has 64 valence electrons. The third kappa shape index (κ3) is 332. The van der Waals surface area contributed by atoms with Crippen LogP contribution in [0.2, 0.25) is 0 Å². The summed E-state index contributed by atoms with van der Waals surface area (Å²) in [7, 11) is 0. The number of allylic oxidation sites excluding steroid dienone is 1. The maximum Gasteiger partial charge on any atom is 2.00 e. The van der Waals surface area contributed by atoms with Crippen molar-refractivity contribution in [3.05, 3.63) is 26.5 Å². The van der Waals surface area contributed by atoms with Gasteiger partial charge in [0.2, 0.25) is 0 Å². The van der Waals surface area contributed by atoms with Crippen molar-refractivity contribution in [3.63, 3.8) is 0 Å². The molecular formula is C6H12BrF2MgN. The Bertz CT molecular complexity index is 49.6. The molecule has 0 atom stereocenters. The Kier molecular flexibility index (Phi) is 210. The van der Waals surface area contributed by atoms with E-state index in [1.165, 1.54) is 0 Å². The predicted molar refractivity (Wildman–Crippen MR) is 52.6 cm³/mol. The minimum Gasteiger partial charge on any atom is -0.425 e. The van der Waals surface area contributed by atoms with Gasteiger partial charge in [-0.05, 0) is 13.6 Å². The first-order chi connectivity index (χ1) is 4.33. The SMILES string of the molecule is Br.C=CC[CH2-].C=N.F[CH-]F.[Mg+2]. The number of hydrogen-bond acceptors (Lipinski definition) is 1. The van der Waals surface area contributed by atoms with Crippen molar-refractivity contribution >= 4 is 46.8 Å². The summed E-state index contributed by atoms with van der Waals surface area (Å²) in [6, 6.07) is 0. The van der Waals surface area contributed by atoms with Gasteiger partial charge < -0.3 is 21.1 Å². The number of hydrogen-bond donors (Lipinski definition) is 1. The van der Waals surface area contributed by atoms with Crippen LogP contribution in [0, 0.1) is 19.3 Å². The van der Waals surface area contributed by atoms with E-state index in [4.69, 9.17) is 5.41 Å². The molecule has 0 aromatic rings. The normalized spacial score (nSPS) is 4.27. The van der Waals surface area contributed by atoms with E-state index in [1.54, 1.807) is 6.08 Å². The van der Waals surface area contributed by atoms with E-state index in [0.717, 1.165) is 6.42 Å². The van der Waals surface area contributed by atoms with Crippen molar-refractivity contribution in [2.45, 2.75) is 6.42 Å². The molecule has 0 aliphatic rings. The fourth-order valence-electron chi connectivity index (χ4n) is 0. The van der Waals surface area contributed by atoms with E-state index < -0.39 is 6.93 Å². The summed E-state index contributed by atoms with van der Waals surface area (Å²) in [5.41, 5.74) is 0. The molecule has 0 saturated carbocycles. The number of nitrogens with one attached hydrogen (secondary N) is 1. The molecule has 0 spiro atoms. The first kappa shape index (κ1) is 30.0. The summed E-state index contributed by atoms with van der Waals surface area (Å²) in [6.07, 6.45) is 2.60. The smallest absolute Gasteiger partial charge is 0.425 e. The van der Waals surface area contributed by atoms with Crippen molar-refractivity contribution in [2.24, 2.45) is 0 Å². The molecule has 0 radical (unpaired) electrons. The molecule has 0 aromatic heterocycles. The zero-order valence-corrected chi connectivity index (χ0v) is 9.48. The predicted octanol–water partition coefficient (Wildman–Crippen LogP) is 2.90. The maximum atomic E-state index is 9.50. The molecule has 0 amide bonds. The Morgan fingerprint density at radius 2 is 1.55 bits per heavy atom. The average molecular weight is 240 g/mol. The second-order valence-corrected chi connectivity index (χ2v) is 0.660. The monoisotopic (exact) mass is 239 g/mol. The average Bonchev–Trinajstić information content (AvgIpc) is 1.94. The van der Waals surface area contributed by atoms with E-state index in [2.05, 4.69) is 20.2 Å². The van der Waals surface area contributed by atoms with Gasteiger partial charge in [-0.1, -0.05) is 0 Å². The molecule has 0 aliphatic heterocycles. The standard InChI is InChI=1S/C4H7.CHF2.CH3N.BrH.Mg/c1-3-4-2;2-1-3;1-2;;/h3H,1-2,4H2;1H;2H,1H2;1H;/q2*-1;;;+2. The van der Waals surface area contributed by atoms with Gasteiger partial charge in [0, 0.05) is 0 Å². The van der Waals surface area contributed by atoms with Crippen LogP contribution in [0.15, 0.2) is 12.7 Å². The maximum absolute atomic E-state index is 9.50. The molecule has 0 unspecified atom stereocenters. The Balaban J connectivity index is -0.0000000158. The van der Waals surface area contributed by atoms with Gasteiger partial charge in [-0.3, -0.25) is 0 Å². The van der Waals surface area contributed by atoms with Crippen LogP contribution in [-0.4, -0.2) is 29.8 Å². The van der Waals surface area contributed by atoms with E-state index in [0.29, 0.717) is 0 Å². The van der Waals surface area contributed by atoms with Gasteiger partial charge in [0.1, 0.15) is 0 Å². The van der Waals surface area contributed by atoms with E-state index >= 15 is 0 Å². The summed E-state index contributed by atoms with van der Waals surface area (Å²) in [4.78, 5) is 0. The Labute approximate surface area is 93.7 Å². The Morgan fingerprint density at radius 1 is 1.45 bits per heavy atom. The van der Waals surface area contributed by atoms with E-state index in [1.807, 2.05) is 0 Å². The van der Waals surface area contributed by atoms with Crippen LogP contribution in [0.1, 0.15) is 6.42 Å². The van der Waals surface area contributed by atoms with Crippen LogP contribution in [-0.2, 0) is 0 Å². The van der Waals surface area contributed by atoms with Gasteiger partial charge in [-0.2, -0.15) is 6.42 Å². The molecule has 0 fully saturated rings. The van der Waals surface area contributed by atoms with Crippen LogP contribution in [0.25, 0.3) is 0 Å². The van der Waals surface area contributed by atoms with Crippen molar-refractivity contribution in [1.82, 2.24) is 0 Å². The molecule has 1 nitrogen and oxygen atoms in total. The van der Waals surface area contributed by atoms with Crippen LogP contribution >= 0.6 is 17.0 Å². The minimum atomic E-state index is -1.00. The first-order valence-corrected chi connectivity index (χ1v) is 2.11. The fourth-order valence-corrected chi connectivity index (χ4v) is 0. The van der Waals surface area contributed by atoms with Crippen molar-refractivity contribution in [2.75, 3.05) is 0 Å². The van der Waals surface area contributed by atoms with Gasteiger partial charge in [0.05, 0.1) is 0 Å². The summed E-state index contributed by atoms with van der Waals surface area (Å²) in [6.45, 7) is 8.40. The first-order valence-electron chi connectivity index (χ1n) is 2.11. The van der Waals surface area contributed by atoms with Gasteiger partial charge in [0.15, 0.2) is 0 Å². The topological polar surface area (TPSA) is 23.9 Å². The Morgan fingerprint density at radius 3 is 1.55 bits per heavy atom. The van der Waals surface area contributed by atoms with Crippen LogP contribution in [0.5, 0.6) is 0 Å². The van der Waals surface area contributed by atoms with Gasteiger partial charge >= 0.3 is 23.1 Å². The molecule has 5 heteroatoms. The molecule has 0 aliphatic carbocycles. The zero-order chi connectivity index (χ0) is 8.12. The largest absolute Gasteiger partial charge is 2.00 e. The van der Waals surface area contributed by atoms with Crippen LogP contribution in [0.3, 0.4) is 0 Å². The quantitative estimate of drug-likeness (QED) is 0.315. The van der Waals surface area contributed by atoms with E-state index in [9.17, 15) is 8.78 Å². The third-order valence-electron chi connectivity index (χ3n) is 0.204. The molecule has 0 saturated heterocycles. The Hall–Kier alpha value is 0.516. The van der Waals surface area contributed by atoms with Crippen molar-refractivity contribution in [3.8, 4) is 0 Å². The van der Waals surface area contributed by atoms with Crippen molar-refractivity contribution in [1.29, 1.82) is 5.41 Å². The minimum absolute atomic E-state index is 0. The zero-order valence-electron chi connectivity index (χ0n) is 6.35. The molecule has 11 heavy (non-hydrogen) atoms. The van der Waals surface area contributed by atoms with Crippen molar-refractivity contribution < 1.29 is 8.78 Å². The van der Waals surface area contributed by atoms with Crippen LogP contribution in [0.4, 0.5) is 8.78 Å². The molecule has 1 N–H and O–H groups in total. The number of halogens is 3.